The molecule has 3 aromatic rings. The summed E-state index contributed by atoms with van der Waals surface area (Å²) in [6.07, 6.45) is 9.12. The molecule has 13 heteroatoms. The summed E-state index contributed by atoms with van der Waals surface area (Å²) in [7, 11) is -9.06. The van der Waals surface area contributed by atoms with Crippen molar-refractivity contribution < 1.29 is 90.5 Å². The second-order valence-corrected chi connectivity index (χ2v) is 10.6. The molecule has 9 nitrogen and oxygen atoms in total. The first-order valence-electron chi connectivity index (χ1n) is 10.2. The number of hydrogen-bond acceptors (Lipinski definition) is 8. The van der Waals surface area contributed by atoms with Crippen molar-refractivity contribution in [3.8, 4) is 11.1 Å². The largest absolute Gasteiger partial charge is 1.00 e. The Morgan fingerprint density at radius 2 is 1.30 bits per heavy atom. The van der Waals surface area contributed by atoms with Crippen LogP contribution in [0.25, 0.3) is 22.8 Å². The quantitative estimate of drug-likeness (QED) is 0.238. The van der Waals surface area contributed by atoms with Gasteiger partial charge in [0.25, 0.3) is 0 Å². The number of benzene rings is 2. The number of aromatic nitrogens is 1. The molecule has 0 bridgehead atoms. The molecule has 0 amide bonds. The standard InChI is InChI=1S/C24H18N2O6S2.2Na.H2O/c27-33(28,29)17-5-1-15(2-6-17)19-11-13-25-23-21(19)9-10-22-20(12-14-26-24(22)23)16-3-7-18(8-4-16)34(30,31)32;;;/h1-14,21,23H,(H,27,28,29)(H,30,31,32);;;1H2/q;2*+1;/p-2. The second-order valence-electron chi connectivity index (χ2n) is 7.86. The fraction of sp³-hybridized carbons (Fsp3) is 0.0833. The molecule has 5 rings (SSSR count). The topological polar surface area (TPSA) is 171 Å². The van der Waals surface area contributed by atoms with Gasteiger partial charge >= 0.3 is 59.1 Å². The third-order valence-corrected chi connectivity index (χ3v) is 7.60. The van der Waals surface area contributed by atoms with Crippen molar-refractivity contribution in [2.45, 2.75) is 15.8 Å². The SMILES string of the molecule is O.O=S(=O)([O-])c1ccc(C2=CC=NC3c4nccc(-c5ccc(S(=O)(=O)[O-])cc5)c4C=CC23)cc1.[Na+].[Na+]. The Bertz CT molecular complexity index is 1600. The third-order valence-electron chi connectivity index (χ3n) is 5.90. The van der Waals surface area contributed by atoms with Gasteiger partial charge in [-0.2, -0.15) is 0 Å². The van der Waals surface area contributed by atoms with Gasteiger partial charge < -0.3 is 14.6 Å². The molecule has 0 spiro atoms. The van der Waals surface area contributed by atoms with Crippen LogP contribution in [0.5, 0.6) is 0 Å². The van der Waals surface area contributed by atoms with E-state index in [1.165, 1.54) is 24.3 Å². The fourth-order valence-electron chi connectivity index (χ4n) is 4.30. The molecule has 180 valence electrons. The van der Waals surface area contributed by atoms with E-state index in [-0.39, 0.29) is 86.3 Å². The summed E-state index contributed by atoms with van der Waals surface area (Å²) in [6, 6.07) is 13.0. The minimum absolute atomic E-state index is 0. The first kappa shape index (κ1) is 31.7. The summed E-state index contributed by atoms with van der Waals surface area (Å²) in [4.78, 5) is 8.61. The number of aliphatic imine (C=N–C) groups is 1. The van der Waals surface area contributed by atoms with E-state index in [9.17, 15) is 25.9 Å². The smallest absolute Gasteiger partial charge is 0.744 e. The molecule has 0 fully saturated rings. The van der Waals surface area contributed by atoms with E-state index < -0.39 is 20.2 Å². The van der Waals surface area contributed by atoms with Gasteiger partial charge in [0.05, 0.1) is 15.5 Å². The van der Waals surface area contributed by atoms with Crippen LogP contribution in [0.4, 0.5) is 0 Å². The molecule has 2 aromatic carbocycles. The molecule has 0 saturated heterocycles. The van der Waals surface area contributed by atoms with Crippen molar-refractivity contribution in [1.29, 1.82) is 0 Å². The minimum atomic E-state index is -4.53. The van der Waals surface area contributed by atoms with Crippen molar-refractivity contribution in [1.82, 2.24) is 4.98 Å². The number of dihydropyridines is 1. The number of rotatable bonds is 4. The zero-order valence-electron chi connectivity index (χ0n) is 19.9. The molecular formula is C24H18N2Na2O7S2. The molecule has 2 N–H and O–H groups in total. The number of pyridine rings is 1. The zero-order valence-corrected chi connectivity index (χ0v) is 25.5. The first-order valence-corrected chi connectivity index (χ1v) is 13.0. The van der Waals surface area contributed by atoms with Crippen LogP contribution in [0, 0.1) is 5.92 Å². The second kappa shape index (κ2) is 12.1. The molecule has 0 saturated carbocycles. The van der Waals surface area contributed by atoms with E-state index in [4.69, 9.17) is 0 Å². The van der Waals surface area contributed by atoms with Gasteiger partial charge in [0, 0.05) is 23.9 Å². The average molecular weight is 557 g/mol. The summed E-state index contributed by atoms with van der Waals surface area (Å²) in [5, 5.41) is 0. The van der Waals surface area contributed by atoms with Crippen LogP contribution in [0.1, 0.15) is 22.9 Å². The van der Waals surface area contributed by atoms with Crippen LogP contribution >= 0.6 is 0 Å². The monoisotopic (exact) mass is 556 g/mol. The summed E-state index contributed by atoms with van der Waals surface area (Å²) in [6.45, 7) is 0. The van der Waals surface area contributed by atoms with Crippen LogP contribution < -0.4 is 59.1 Å². The van der Waals surface area contributed by atoms with Gasteiger partial charge in [-0.15, -0.1) is 0 Å². The van der Waals surface area contributed by atoms with Crippen molar-refractivity contribution in [2.24, 2.45) is 10.9 Å². The molecule has 1 aliphatic carbocycles. The van der Waals surface area contributed by atoms with Crippen molar-refractivity contribution in [3.63, 3.8) is 0 Å². The molecular weight excluding hydrogens is 538 g/mol. The van der Waals surface area contributed by atoms with E-state index in [1.54, 1.807) is 36.7 Å². The molecule has 37 heavy (non-hydrogen) atoms. The van der Waals surface area contributed by atoms with Crippen molar-refractivity contribution >= 4 is 38.1 Å². The van der Waals surface area contributed by atoms with Gasteiger partial charge in [0.2, 0.25) is 0 Å². The Labute approximate surface area is 258 Å². The van der Waals surface area contributed by atoms with Gasteiger partial charge in [-0.05, 0) is 58.7 Å². The predicted octanol–water partition coefficient (Wildman–Crippen LogP) is -3.41. The van der Waals surface area contributed by atoms with E-state index in [0.717, 1.165) is 33.5 Å². The normalized spacial score (nSPS) is 17.7. The summed E-state index contributed by atoms with van der Waals surface area (Å²) >= 11 is 0. The van der Waals surface area contributed by atoms with Crippen LogP contribution in [0.15, 0.2) is 87.7 Å². The fourth-order valence-corrected chi connectivity index (χ4v) is 5.23. The Kier molecular flexibility index (Phi) is 10.4. The molecule has 2 unspecified atom stereocenters. The number of nitrogens with zero attached hydrogens (tertiary/aromatic N) is 2. The van der Waals surface area contributed by atoms with Gasteiger partial charge in [0.1, 0.15) is 26.3 Å². The number of hydrogen-bond donors (Lipinski definition) is 0. The summed E-state index contributed by atoms with van der Waals surface area (Å²) in [5.74, 6) is -0.150. The average Bonchev–Trinajstić information content (AvgIpc) is 2.82. The summed E-state index contributed by atoms with van der Waals surface area (Å²) < 4.78 is 67.5. The predicted molar refractivity (Wildman–Crippen MR) is 127 cm³/mol. The number of allylic oxidation sites excluding steroid dienone is 1. The van der Waals surface area contributed by atoms with E-state index >= 15 is 0 Å². The first-order chi connectivity index (χ1) is 16.1. The molecule has 0 radical (unpaired) electrons. The summed E-state index contributed by atoms with van der Waals surface area (Å²) in [5.41, 5.74) is 4.82. The van der Waals surface area contributed by atoms with Crippen LogP contribution in [-0.2, 0) is 20.2 Å². The Morgan fingerprint density at radius 1 is 0.757 bits per heavy atom. The Morgan fingerprint density at radius 3 is 1.84 bits per heavy atom. The van der Waals surface area contributed by atoms with Crippen LogP contribution in [0.2, 0.25) is 0 Å². The van der Waals surface area contributed by atoms with Crippen molar-refractivity contribution in [3.05, 3.63) is 89.8 Å². The molecule has 2 atom stereocenters. The molecule has 2 heterocycles. The molecule has 2 aliphatic rings. The minimum Gasteiger partial charge on any atom is -0.744 e. The maximum atomic E-state index is 11.2. The van der Waals surface area contributed by atoms with Gasteiger partial charge in [0.15, 0.2) is 0 Å². The van der Waals surface area contributed by atoms with E-state index in [2.05, 4.69) is 9.98 Å². The van der Waals surface area contributed by atoms with Crippen molar-refractivity contribution in [2.75, 3.05) is 0 Å². The molecule has 1 aliphatic heterocycles. The maximum absolute atomic E-state index is 11.2. The molecule has 1 aromatic heterocycles. The third kappa shape index (κ3) is 6.40. The Balaban J connectivity index is 0.00000160. The van der Waals surface area contributed by atoms with Crippen LogP contribution in [0.3, 0.4) is 0 Å². The van der Waals surface area contributed by atoms with E-state index in [1.807, 2.05) is 24.3 Å². The maximum Gasteiger partial charge on any atom is 1.00 e. The van der Waals surface area contributed by atoms with Gasteiger partial charge in [-0.1, -0.05) is 36.4 Å². The van der Waals surface area contributed by atoms with Gasteiger partial charge in [-0.25, -0.2) is 16.8 Å². The Hall–Kier alpha value is -1.48. The zero-order chi connectivity index (χ0) is 24.1. The van der Waals surface area contributed by atoms with Gasteiger partial charge in [-0.3, -0.25) is 9.98 Å². The van der Waals surface area contributed by atoms with Crippen LogP contribution in [-0.4, -0.2) is 42.6 Å². The number of fused-ring (bicyclic) bond motifs is 3. The van der Waals surface area contributed by atoms with E-state index in [0.29, 0.717) is 0 Å².